The summed E-state index contributed by atoms with van der Waals surface area (Å²) in [7, 11) is 0. The van der Waals surface area contributed by atoms with Gasteiger partial charge in [0.05, 0.1) is 5.02 Å². The second-order valence-corrected chi connectivity index (χ2v) is 6.08. The lowest BCUT2D eigenvalue weighted by Crippen LogP contribution is -2.05. The first-order chi connectivity index (χ1) is 9.45. The lowest BCUT2D eigenvalue weighted by molar-refractivity contribution is 0.102. The summed E-state index contributed by atoms with van der Waals surface area (Å²) in [6, 6.07) is 1.50. The van der Waals surface area contributed by atoms with Crippen LogP contribution in [0, 0.1) is 0 Å². The van der Waals surface area contributed by atoms with Gasteiger partial charge in [-0.1, -0.05) is 53.0 Å². The summed E-state index contributed by atoms with van der Waals surface area (Å²) in [5.74, 6) is -0.939. The van der Waals surface area contributed by atoms with Crippen LogP contribution in [0.5, 0.6) is 11.5 Å². The van der Waals surface area contributed by atoms with E-state index in [-0.39, 0.29) is 22.1 Å². The monoisotopic (exact) mass is 356 g/mol. The molecule has 5 heteroatoms. The average Bonchev–Trinajstić information content (AvgIpc) is 2.83. The SMILES string of the molecule is CCCc1cc(Cl)c(O)c(C(=O)C2=CC=C(Br)C2)c1O. The third-order valence-electron chi connectivity index (χ3n) is 3.17. The van der Waals surface area contributed by atoms with Crippen LogP contribution in [-0.2, 0) is 6.42 Å². The molecule has 20 heavy (non-hydrogen) atoms. The fraction of sp³-hybridized carbons (Fsp3) is 0.267. The number of hydrogen-bond donors (Lipinski definition) is 2. The quantitative estimate of drug-likeness (QED) is 0.780. The number of benzene rings is 1. The van der Waals surface area contributed by atoms with E-state index in [0.717, 1.165) is 10.9 Å². The van der Waals surface area contributed by atoms with Gasteiger partial charge >= 0.3 is 0 Å². The van der Waals surface area contributed by atoms with Gasteiger partial charge in [-0.05, 0) is 22.5 Å². The molecule has 3 nitrogen and oxygen atoms in total. The number of aromatic hydroxyl groups is 2. The molecule has 1 aliphatic rings. The van der Waals surface area contributed by atoms with Gasteiger partial charge in [-0.3, -0.25) is 4.79 Å². The van der Waals surface area contributed by atoms with Gasteiger partial charge in [0.25, 0.3) is 0 Å². The third kappa shape index (κ3) is 2.76. The van der Waals surface area contributed by atoms with Crippen molar-refractivity contribution in [1.29, 1.82) is 0 Å². The number of rotatable bonds is 4. The molecule has 0 radical (unpaired) electrons. The molecular formula is C15H14BrClO3. The van der Waals surface area contributed by atoms with Crippen molar-refractivity contribution in [3.05, 3.63) is 44.4 Å². The maximum absolute atomic E-state index is 12.4. The predicted molar refractivity (Wildman–Crippen MR) is 82.8 cm³/mol. The molecule has 0 fully saturated rings. The maximum Gasteiger partial charge on any atom is 0.196 e. The van der Waals surface area contributed by atoms with Crippen LogP contribution in [-0.4, -0.2) is 16.0 Å². The molecular weight excluding hydrogens is 344 g/mol. The van der Waals surface area contributed by atoms with E-state index in [2.05, 4.69) is 15.9 Å². The number of phenolic OH excluding ortho intramolecular Hbond substituents is 2. The van der Waals surface area contributed by atoms with E-state index in [0.29, 0.717) is 24.0 Å². The van der Waals surface area contributed by atoms with E-state index in [1.165, 1.54) is 6.07 Å². The first-order valence-electron chi connectivity index (χ1n) is 6.29. The van der Waals surface area contributed by atoms with Gasteiger partial charge in [0.2, 0.25) is 0 Å². The van der Waals surface area contributed by atoms with Gasteiger partial charge < -0.3 is 10.2 Å². The molecule has 0 atom stereocenters. The zero-order chi connectivity index (χ0) is 14.9. The minimum absolute atomic E-state index is 0.0835. The van der Waals surface area contributed by atoms with Crippen molar-refractivity contribution in [2.75, 3.05) is 0 Å². The number of carbonyl (C=O) groups excluding carboxylic acids is 1. The molecule has 0 saturated heterocycles. The van der Waals surface area contributed by atoms with Crippen LogP contribution in [0.1, 0.15) is 35.7 Å². The van der Waals surface area contributed by atoms with E-state index in [9.17, 15) is 15.0 Å². The summed E-state index contributed by atoms with van der Waals surface area (Å²) in [5, 5.41) is 20.3. The highest BCUT2D eigenvalue weighted by molar-refractivity contribution is 9.11. The lowest BCUT2D eigenvalue weighted by Gasteiger charge is -2.13. The molecule has 1 aromatic rings. The van der Waals surface area contributed by atoms with Crippen LogP contribution >= 0.6 is 27.5 Å². The highest BCUT2D eigenvalue weighted by Gasteiger charge is 2.25. The second kappa shape index (κ2) is 6.02. The average molecular weight is 358 g/mol. The third-order valence-corrected chi connectivity index (χ3v) is 4.00. The van der Waals surface area contributed by atoms with Crippen LogP contribution in [0.2, 0.25) is 5.02 Å². The van der Waals surface area contributed by atoms with E-state index in [1.807, 2.05) is 6.92 Å². The summed E-state index contributed by atoms with van der Waals surface area (Å²) < 4.78 is 0.885. The lowest BCUT2D eigenvalue weighted by atomic mass is 9.96. The minimum Gasteiger partial charge on any atom is -0.507 e. The van der Waals surface area contributed by atoms with Crippen molar-refractivity contribution >= 4 is 33.3 Å². The molecule has 0 bridgehead atoms. The molecule has 1 aromatic carbocycles. The number of Topliss-reactive ketones (excluding diaryl/α,β-unsaturated/α-hetero) is 1. The summed E-state index contributed by atoms with van der Waals surface area (Å²) in [5.41, 5.74) is 0.972. The second-order valence-electron chi connectivity index (χ2n) is 4.65. The van der Waals surface area contributed by atoms with Crippen molar-refractivity contribution in [1.82, 2.24) is 0 Å². The molecule has 0 aliphatic heterocycles. The van der Waals surface area contributed by atoms with Crippen molar-refractivity contribution < 1.29 is 15.0 Å². The fourth-order valence-electron chi connectivity index (χ4n) is 2.16. The normalized spacial score (nSPS) is 14.2. The number of aryl methyl sites for hydroxylation is 1. The van der Waals surface area contributed by atoms with Crippen LogP contribution in [0.3, 0.4) is 0 Å². The van der Waals surface area contributed by atoms with Crippen molar-refractivity contribution in [2.24, 2.45) is 0 Å². The Morgan fingerprint density at radius 2 is 2.05 bits per heavy atom. The van der Waals surface area contributed by atoms with Crippen molar-refractivity contribution in [3.63, 3.8) is 0 Å². The highest BCUT2D eigenvalue weighted by atomic mass is 79.9. The Bertz CT molecular complexity index is 632. The standard InChI is InChI=1S/C15H14BrClO3/c1-2-3-8-7-11(17)15(20)12(13(8)18)14(19)9-4-5-10(16)6-9/h4-5,7,18,20H,2-3,6H2,1H3. The first-order valence-corrected chi connectivity index (χ1v) is 7.46. The number of halogens is 2. The highest BCUT2D eigenvalue weighted by Crippen LogP contribution is 2.40. The van der Waals surface area contributed by atoms with Gasteiger partial charge in [0.1, 0.15) is 17.1 Å². The molecule has 0 heterocycles. The molecule has 0 saturated carbocycles. The molecule has 0 aromatic heterocycles. The van der Waals surface area contributed by atoms with Crippen LogP contribution in [0.15, 0.2) is 28.3 Å². The molecule has 0 spiro atoms. The zero-order valence-electron chi connectivity index (χ0n) is 10.9. The Balaban J connectivity index is 2.48. The van der Waals surface area contributed by atoms with Crippen LogP contribution in [0.4, 0.5) is 0 Å². The molecule has 2 N–H and O–H groups in total. The predicted octanol–water partition coefficient (Wildman–Crippen LogP) is 4.50. The summed E-state index contributed by atoms with van der Waals surface area (Å²) in [4.78, 5) is 12.4. The Morgan fingerprint density at radius 1 is 1.35 bits per heavy atom. The number of hydrogen-bond acceptors (Lipinski definition) is 3. The molecule has 0 unspecified atom stereocenters. The van der Waals surface area contributed by atoms with Gasteiger partial charge in [-0.15, -0.1) is 0 Å². The van der Waals surface area contributed by atoms with Crippen molar-refractivity contribution in [2.45, 2.75) is 26.2 Å². The fourth-order valence-corrected chi connectivity index (χ4v) is 2.82. The number of phenols is 2. The van der Waals surface area contributed by atoms with Gasteiger partial charge in [-0.2, -0.15) is 0 Å². The Kier molecular flexibility index (Phi) is 4.55. The maximum atomic E-state index is 12.4. The summed E-state index contributed by atoms with van der Waals surface area (Å²) in [6.07, 6.45) is 5.29. The molecule has 2 rings (SSSR count). The topological polar surface area (TPSA) is 57.5 Å². The van der Waals surface area contributed by atoms with Crippen LogP contribution < -0.4 is 0 Å². The van der Waals surface area contributed by atoms with Gasteiger partial charge in [-0.25, -0.2) is 0 Å². The Hall–Kier alpha value is -1.26. The van der Waals surface area contributed by atoms with Gasteiger partial charge in [0.15, 0.2) is 5.78 Å². The number of allylic oxidation sites excluding steroid dienone is 4. The Morgan fingerprint density at radius 3 is 2.60 bits per heavy atom. The van der Waals surface area contributed by atoms with E-state index in [1.54, 1.807) is 12.2 Å². The number of ketones is 1. The smallest absolute Gasteiger partial charge is 0.196 e. The van der Waals surface area contributed by atoms with Crippen molar-refractivity contribution in [3.8, 4) is 11.5 Å². The van der Waals surface area contributed by atoms with E-state index < -0.39 is 5.78 Å². The molecule has 106 valence electrons. The Labute approximate surface area is 130 Å². The number of carbonyl (C=O) groups is 1. The van der Waals surface area contributed by atoms with Crippen LogP contribution in [0.25, 0.3) is 0 Å². The van der Waals surface area contributed by atoms with Gasteiger partial charge in [0, 0.05) is 12.0 Å². The summed E-state index contributed by atoms with van der Waals surface area (Å²) in [6.45, 7) is 1.96. The van der Waals surface area contributed by atoms with E-state index in [4.69, 9.17) is 11.6 Å². The summed E-state index contributed by atoms with van der Waals surface area (Å²) >= 11 is 9.27. The largest absolute Gasteiger partial charge is 0.507 e. The molecule has 1 aliphatic carbocycles. The zero-order valence-corrected chi connectivity index (χ0v) is 13.3. The first kappa shape index (κ1) is 15.1. The minimum atomic E-state index is -0.398. The molecule has 0 amide bonds. The van der Waals surface area contributed by atoms with E-state index >= 15 is 0 Å².